The van der Waals surface area contributed by atoms with E-state index in [1.54, 1.807) is 11.8 Å². The Hall–Kier alpha value is -1.21. The molecule has 88 valence electrons. The summed E-state index contributed by atoms with van der Waals surface area (Å²) in [6.45, 7) is 4.45. The number of hydrogen-bond donors (Lipinski definition) is 0. The highest BCUT2D eigenvalue weighted by atomic mass is 32.2. The van der Waals surface area contributed by atoms with Gasteiger partial charge in [-0.15, -0.1) is 11.8 Å². The van der Waals surface area contributed by atoms with E-state index >= 15 is 0 Å². The minimum atomic E-state index is 0.600. The summed E-state index contributed by atoms with van der Waals surface area (Å²) in [5.74, 6) is 0.600. The van der Waals surface area contributed by atoms with Gasteiger partial charge in [-0.1, -0.05) is 50.2 Å². The molecule has 17 heavy (non-hydrogen) atoms. The van der Waals surface area contributed by atoms with Crippen LogP contribution < -0.4 is 0 Å². The molecule has 0 radical (unpaired) electrons. The molecular formula is C16H18S. The molecule has 0 nitrogen and oxygen atoms in total. The fraction of sp³-hybridized carbons (Fsp3) is 0.250. The summed E-state index contributed by atoms with van der Waals surface area (Å²) in [4.78, 5) is 1.31. The molecule has 0 heterocycles. The molecule has 2 aromatic carbocycles. The fourth-order valence-corrected chi connectivity index (χ4v) is 2.25. The van der Waals surface area contributed by atoms with Gasteiger partial charge in [-0.3, -0.25) is 0 Å². The zero-order chi connectivity index (χ0) is 12.3. The number of hydrogen-bond acceptors (Lipinski definition) is 1. The molecule has 0 aromatic heterocycles. The molecule has 2 aromatic rings. The largest absolute Gasteiger partial charge is 0.130 e. The zero-order valence-electron chi connectivity index (χ0n) is 10.6. The molecule has 0 fully saturated rings. The standard InChI is InChI=1S/C16H18S/c1-12(2)13-4-6-14(7-5-13)15-8-10-16(17-3)11-9-15/h4-12H,1-3H3. The normalized spacial score (nSPS) is 10.8. The smallest absolute Gasteiger partial charge is 0.00695 e. The van der Waals surface area contributed by atoms with Gasteiger partial charge in [0.25, 0.3) is 0 Å². The Kier molecular flexibility index (Phi) is 3.90. The molecule has 0 saturated carbocycles. The zero-order valence-corrected chi connectivity index (χ0v) is 11.4. The topological polar surface area (TPSA) is 0 Å². The molecule has 0 unspecified atom stereocenters. The van der Waals surface area contributed by atoms with Crippen molar-refractivity contribution >= 4 is 11.8 Å². The van der Waals surface area contributed by atoms with Crippen molar-refractivity contribution in [3.05, 3.63) is 54.1 Å². The Labute approximate surface area is 108 Å². The molecule has 0 spiro atoms. The summed E-state index contributed by atoms with van der Waals surface area (Å²) in [7, 11) is 0. The lowest BCUT2D eigenvalue weighted by molar-refractivity contribution is 0.867. The molecule has 0 N–H and O–H groups in total. The van der Waals surface area contributed by atoms with Gasteiger partial charge in [0, 0.05) is 4.90 Å². The predicted octanol–water partition coefficient (Wildman–Crippen LogP) is 5.20. The van der Waals surface area contributed by atoms with Crippen molar-refractivity contribution in [1.29, 1.82) is 0 Å². The third-order valence-electron chi connectivity index (χ3n) is 3.00. The quantitative estimate of drug-likeness (QED) is 0.667. The lowest BCUT2D eigenvalue weighted by Crippen LogP contribution is -1.86. The Morgan fingerprint density at radius 2 is 1.24 bits per heavy atom. The lowest BCUT2D eigenvalue weighted by atomic mass is 9.99. The number of benzene rings is 2. The van der Waals surface area contributed by atoms with Gasteiger partial charge in [-0.05, 0) is 41.0 Å². The Morgan fingerprint density at radius 1 is 0.765 bits per heavy atom. The highest BCUT2D eigenvalue weighted by Gasteiger charge is 2.01. The van der Waals surface area contributed by atoms with E-state index in [0.717, 1.165) is 0 Å². The van der Waals surface area contributed by atoms with E-state index in [1.165, 1.54) is 21.6 Å². The summed E-state index contributed by atoms with van der Waals surface area (Å²) in [6.07, 6.45) is 2.10. The molecule has 0 bridgehead atoms. The van der Waals surface area contributed by atoms with Gasteiger partial charge in [-0.2, -0.15) is 0 Å². The van der Waals surface area contributed by atoms with Crippen LogP contribution in [0.1, 0.15) is 25.3 Å². The fourth-order valence-electron chi connectivity index (χ4n) is 1.84. The summed E-state index contributed by atoms with van der Waals surface area (Å²) in [5.41, 5.74) is 3.98. The second-order valence-corrected chi connectivity index (χ2v) is 5.38. The Morgan fingerprint density at radius 3 is 1.65 bits per heavy atom. The van der Waals surface area contributed by atoms with Crippen LogP contribution in [-0.4, -0.2) is 6.26 Å². The molecule has 1 heteroatoms. The Balaban J connectivity index is 2.26. The maximum absolute atomic E-state index is 2.22. The van der Waals surface area contributed by atoms with E-state index in [2.05, 4.69) is 68.6 Å². The first kappa shape index (κ1) is 12.3. The first-order chi connectivity index (χ1) is 8.20. The van der Waals surface area contributed by atoms with Crippen LogP contribution >= 0.6 is 11.8 Å². The summed E-state index contributed by atoms with van der Waals surface area (Å²) < 4.78 is 0. The minimum absolute atomic E-state index is 0.600. The van der Waals surface area contributed by atoms with Gasteiger partial charge in [0.15, 0.2) is 0 Å². The predicted molar refractivity (Wildman–Crippen MR) is 77.7 cm³/mol. The maximum Gasteiger partial charge on any atom is 0.00695 e. The molecule has 0 saturated heterocycles. The molecule has 0 atom stereocenters. The van der Waals surface area contributed by atoms with Gasteiger partial charge < -0.3 is 0 Å². The van der Waals surface area contributed by atoms with Crippen LogP contribution in [0.2, 0.25) is 0 Å². The van der Waals surface area contributed by atoms with Crippen LogP contribution in [0.15, 0.2) is 53.4 Å². The van der Waals surface area contributed by atoms with Crippen molar-refractivity contribution in [2.75, 3.05) is 6.26 Å². The van der Waals surface area contributed by atoms with Crippen molar-refractivity contribution in [2.24, 2.45) is 0 Å². The first-order valence-corrected chi connectivity index (χ1v) is 7.17. The maximum atomic E-state index is 2.22. The van der Waals surface area contributed by atoms with Gasteiger partial charge in [0.1, 0.15) is 0 Å². The van der Waals surface area contributed by atoms with Crippen molar-refractivity contribution in [3.8, 4) is 11.1 Å². The third-order valence-corrected chi connectivity index (χ3v) is 3.74. The van der Waals surface area contributed by atoms with Gasteiger partial charge >= 0.3 is 0 Å². The van der Waals surface area contributed by atoms with Crippen molar-refractivity contribution < 1.29 is 0 Å². The van der Waals surface area contributed by atoms with E-state index in [9.17, 15) is 0 Å². The minimum Gasteiger partial charge on any atom is -0.130 e. The molecule has 0 aliphatic carbocycles. The molecular weight excluding hydrogens is 224 g/mol. The average molecular weight is 242 g/mol. The summed E-state index contributed by atoms with van der Waals surface area (Å²) in [5, 5.41) is 0. The highest BCUT2D eigenvalue weighted by Crippen LogP contribution is 2.24. The van der Waals surface area contributed by atoms with Gasteiger partial charge in [0.2, 0.25) is 0 Å². The number of thioether (sulfide) groups is 1. The van der Waals surface area contributed by atoms with E-state index in [4.69, 9.17) is 0 Å². The SMILES string of the molecule is CSc1ccc(-c2ccc(C(C)C)cc2)cc1. The van der Waals surface area contributed by atoms with Crippen LogP contribution in [0, 0.1) is 0 Å². The van der Waals surface area contributed by atoms with Crippen molar-refractivity contribution in [3.63, 3.8) is 0 Å². The summed E-state index contributed by atoms with van der Waals surface area (Å²) >= 11 is 1.78. The van der Waals surface area contributed by atoms with Crippen molar-refractivity contribution in [1.82, 2.24) is 0 Å². The van der Waals surface area contributed by atoms with Crippen LogP contribution in [0.5, 0.6) is 0 Å². The monoisotopic (exact) mass is 242 g/mol. The van der Waals surface area contributed by atoms with Crippen LogP contribution in [0.25, 0.3) is 11.1 Å². The van der Waals surface area contributed by atoms with E-state index < -0.39 is 0 Å². The average Bonchev–Trinajstić information content (AvgIpc) is 2.39. The second kappa shape index (κ2) is 5.42. The van der Waals surface area contributed by atoms with E-state index in [-0.39, 0.29) is 0 Å². The third kappa shape index (κ3) is 2.92. The molecule has 0 amide bonds. The Bertz CT molecular complexity index is 466. The van der Waals surface area contributed by atoms with Gasteiger partial charge in [-0.25, -0.2) is 0 Å². The second-order valence-electron chi connectivity index (χ2n) is 4.51. The van der Waals surface area contributed by atoms with Crippen LogP contribution in [0.3, 0.4) is 0 Å². The number of rotatable bonds is 3. The van der Waals surface area contributed by atoms with E-state index in [0.29, 0.717) is 5.92 Å². The molecule has 0 aliphatic heterocycles. The van der Waals surface area contributed by atoms with Crippen molar-refractivity contribution in [2.45, 2.75) is 24.7 Å². The van der Waals surface area contributed by atoms with Crippen LogP contribution in [-0.2, 0) is 0 Å². The lowest BCUT2D eigenvalue weighted by Gasteiger charge is -2.07. The summed E-state index contributed by atoms with van der Waals surface area (Å²) in [6, 6.07) is 17.6. The molecule has 0 aliphatic rings. The van der Waals surface area contributed by atoms with E-state index in [1.807, 2.05) is 0 Å². The molecule has 2 rings (SSSR count). The first-order valence-electron chi connectivity index (χ1n) is 5.95. The van der Waals surface area contributed by atoms with Gasteiger partial charge in [0.05, 0.1) is 0 Å². The highest BCUT2D eigenvalue weighted by molar-refractivity contribution is 7.98. The van der Waals surface area contributed by atoms with Crippen LogP contribution in [0.4, 0.5) is 0 Å².